The van der Waals surface area contributed by atoms with Crippen LogP contribution < -0.4 is 0 Å². The number of hydrogen-bond donors (Lipinski definition) is 0. The predicted molar refractivity (Wildman–Crippen MR) is 281 cm³/mol. The molecule has 0 saturated carbocycles. The van der Waals surface area contributed by atoms with Crippen LogP contribution in [0.4, 0.5) is 0 Å². The van der Waals surface area contributed by atoms with Gasteiger partial charge in [-0.15, -0.1) is 5.10 Å². The summed E-state index contributed by atoms with van der Waals surface area (Å²) < 4.78 is 17.6. The molecule has 8 aromatic heterocycles. The Morgan fingerprint density at radius 3 is 1.96 bits per heavy atom. The standard InChI is InChI=1S/C15H16N2.C13H12N2O.C7H5N7.C6H9N3.C5H6N2.CH3N3P3/c1-8-9(2)13-10(3)12-6-5-7-16-14(12)15(13)17-11(8)4;1-7-8(2)11-10-5-4-6-14-12(10)16-13(11)15-9(7)3;1-4-12-6-10-2-8-5-9-3-11-7(13-4)14(5)6;1-4-5(2)8-9-6(3)7-4;1-5-4-6-2-3-7-5;1-7-3-5-2-6-4-7/h5-7,10H,1-4H3;4-6H,1-3H3;2-3H,1H3;1-3H3;2-4H,1H3;1H3/q;;;;;+1. The van der Waals surface area contributed by atoms with Gasteiger partial charge in [0, 0.05) is 48.3 Å². The molecule has 0 aromatic carbocycles. The molecule has 8 aromatic rings. The summed E-state index contributed by atoms with van der Waals surface area (Å²) in [5.41, 5.74) is 16.3. The third kappa shape index (κ3) is 11.7. The average molecular weight is 991 g/mol. The lowest BCUT2D eigenvalue weighted by molar-refractivity contribution is 0.638. The number of aromatic nitrogens is 12. The van der Waals surface area contributed by atoms with Crippen molar-refractivity contribution < 1.29 is 4.42 Å². The number of rotatable bonds is 0. The van der Waals surface area contributed by atoms with Gasteiger partial charge in [0.25, 0.3) is 0 Å². The van der Waals surface area contributed by atoms with Crippen molar-refractivity contribution in [2.24, 2.45) is 36.6 Å². The number of fused-ring (bicyclic) bond motifs is 6. The summed E-state index contributed by atoms with van der Waals surface area (Å²) in [6, 6.07) is 8.12. The van der Waals surface area contributed by atoms with Crippen LogP contribution in [-0.4, -0.2) is 99.9 Å². The molecule has 70 heavy (non-hydrogen) atoms. The van der Waals surface area contributed by atoms with Gasteiger partial charge in [-0.05, 0) is 141 Å². The Kier molecular flexibility index (Phi) is 16.5. The van der Waals surface area contributed by atoms with Crippen molar-refractivity contribution in [3.8, 4) is 11.4 Å². The van der Waals surface area contributed by atoms with E-state index in [-0.39, 0.29) is 7.85 Å². The summed E-state index contributed by atoms with van der Waals surface area (Å²) in [6.45, 7) is 26.3. The number of amidine groups is 1. The summed E-state index contributed by atoms with van der Waals surface area (Å²) in [5, 5.41) is 9.78. The summed E-state index contributed by atoms with van der Waals surface area (Å²) >= 11 is 0. The molecule has 23 heteroatoms. The molecule has 0 spiro atoms. The Labute approximate surface area is 409 Å². The fourth-order valence-corrected chi connectivity index (χ4v) is 9.71. The van der Waals surface area contributed by atoms with Gasteiger partial charge in [0.2, 0.25) is 37.2 Å². The first-order valence-electron chi connectivity index (χ1n) is 21.9. The van der Waals surface area contributed by atoms with E-state index in [1.54, 1.807) is 36.6 Å². The van der Waals surface area contributed by atoms with E-state index in [1.165, 1.54) is 46.1 Å². The summed E-state index contributed by atoms with van der Waals surface area (Å²) in [7, 11) is 1.37. The first-order chi connectivity index (χ1) is 33.6. The zero-order valence-electron chi connectivity index (χ0n) is 41.2. The lowest BCUT2D eigenvalue weighted by Gasteiger charge is -2.26. The second kappa shape index (κ2) is 22.8. The van der Waals surface area contributed by atoms with Crippen LogP contribution in [0.5, 0.6) is 0 Å². The second-order valence-corrected chi connectivity index (χ2v) is 19.5. The van der Waals surface area contributed by atoms with Gasteiger partial charge in [-0.25, -0.2) is 39.8 Å². The first-order valence-corrected chi connectivity index (χ1v) is 25.2. The fraction of sp³-hybridized carbons (Fsp3) is 0.298. The smallest absolute Gasteiger partial charge is 0.346 e. The van der Waals surface area contributed by atoms with Crippen LogP contribution in [0.1, 0.15) is 87.4 Å². The highest BCUT2D eigenvalue weighted by Crippen LogP contribution is 2.44. The average Bonchev–Trinajstić information content (AvgIpc) is 3.87. The van der Waals surface area contributed by atoms with E-state index in [2.05, 4.69) is 131 Å². The van der Waals surface area contributed by atoms with E-state index in [4.69, 9.17) is 9.40 Å². The first kappa shape index (κ1) is 50.5. The largest absolute Gasteiger partial charge is 0.419 e. The highest BCUT2D eigenvalue weighted by molar-refractivity contribution is 7.52. The Bertz CT molecular complexity index is 3360. The van der Waals surface area contributed by atoms with Crippen molar-refractivity contribution in [2.45, 2.75) is 89.0 Å². The molecular weight excluding hydrogens is 940 g/mol. The van der Waals surface area contributed by atoms with Crippen LogP contribution in [0, 0.1) is 69.2 Å². The minimum absolute atomic E-state index is 0.360. The second-order valence-electron chi connectivity index (χ2n) is 16.0. The van der Waals surface area contributed by atoms with Gasteiger partial charge in [-0.1, -0.05) is 13.0 Å². The van der Waals surface area contributed by atoms with Gasteiger partial charge in [0.05, 0.1) is 45.9 Å². The lowest BCUT2D eigenvalue weighted by Crippen LogP contribution is -2.45. The van der Waals surface area contributed by atoms with Crippen molar-refractivity contribution in [3.05, 3.63) is 123 Å². The van der Waals surface area contributed by atoms with Crippen molar-refractivity contribution >= 4 is 83.5 Å². The molecule has 0 radical (unpaired) electrons. The Hall–Kier alpha value is -7.39. The highest BCUT2D eigenvalue weighted by atomic mass is 31.2. The number of aliphatic imine (C=N–C) groups is 6. The molecule has 0 saturated heterocycles. The van der Waals surface area contributed by atoms with E-state index >= 15 is 0 Å². The Morgan fingerprint density at radius 2 is 1.30 bits per heavy atom. The van der Waals surface area contributed by atoms with Gasteiger partial charge in [0.15, 0.2) is 0 Å². The molecule has 0 fully saturated rings. The monoisotopic (exact) mass is 990 g/mol. The molecule has 12 rings (SSSR count). The quantitative estimate of drug-likeness (QED) is 0.137. The van der Waals surface area contributed by atoms with Crippen LogP contribution in [-0.2, 0) is 6.66 Å². The molecule has 11 heterocycles. The molecule has 1 aliphatic carbocycles. The minimum atomic E-state index is -0.360. The number of nitrogens with zero attached hydrogens (tertiary/aromatic N) is 19. The third-order valence-corrected chi connectivity index (χ3v) is 14.7. The van der Waals surface area contributed by atoms with Crippen LogP contribution in [0.15, 0.2) is 89.6 Å². The summed E-state index contributed by atoms with van der Waals surface area (Å²) in [4.78, 5) is 55.6. The van der Waals surface area contributed by atoms with Gasteiger partial charge in [-0.2, -0.15) is 15.1 Å². The van der Waals surface area contributed by atoms with Gasteiger partial charge in [-0.3, -0.25) is 19.9 Å². The molecule has 0 amide bonds. The molecule has 354 valence electrons. The van der Waals surface area contributed by atoms with Gasteiger partial charge in [0.1, 0.15) is 24.3 Å². The molecule has 20 nitrogen and oxygen atoms in total. The molecule has 3 aliphatic heterocycles. The number of pyridine rings is 4. The third-order valence-electron chi connectivity index (χ3n) is 11.3. The van der Waals surface area contributed by atoms with E-state index in [1.807, 2.05) is 65.7 Å². The topological polar surface area (TPSA) is 245 Å². The predicted octanol–water partition coefficient (Wildman–Crippen LogP) is 10.1. The molecule has 4 aliphatic rings. The molecular formula is C47H51N19OP3+. The number of furan rings is 1. The zero-order valence-corrected chi connectivity index (χ0v) is 43.9. The highest BCUT2D eigenvalue weighted by Gasteiger charge is 2.31. The van der Waals surface area contributed by atoms with Crippen molar-refractivity contribution in [1.29, 1.82) is 0 Å². The fourth-order valence-electron chi connectivity index (χ4n) is 7.25. The lowest BCUT2D eigenvalue weighted by atomic mass is 9.94. The van der Waals surface area contributed by atoms with Crippen LogP contribution in [0.3, 0.4) is 0 Å². The van der Waals surface area contributed by atoms with E-state index in [0.717, 1.165) is 73.5 Å². The SMILES string of the molecule is CC1=NC2=NC=NC3=NC=NC(=N1)N32.C[p+]1npnpn1.Cc1cnccn1.Cc1nc2c(c(C)c1C)C(C)c1cccnc1-2.Cc1nc2oc3ncccc3c2c(C)c1C.Cc1nnc(C)c(C)n1. The maximum Gasteiger partial charge on any atom is 0.346 e. The summed E-state index contributed by atoms with van der Waals surface area (Å²) in [6.07, 6.45) is 11.5. The van der Waals surface area contributed by atoms with Crippen LogP contribution in [0.2, 0.25) is 0 Å². The molecule has 1 unspecified atom stereocenters. The maximum absolute atomic E-state index is 5.65. The van der Waals surface area contributed by atoms with E-state index in [9.17, 15) is 0 Å². The summed E-state index contributed by atoms with van der Waals surface area (Å²) in [5.74, 6) is 3.30. The molecule has 0 bridgehead atoms. The van der Waals surface area contributed by atoms with E-state index in [0.29, 0.717) is 41.1 Å². The molecule has 1 atom stereocenters. The zero-order chi connectivity index (χ0) is 50.1. The van der Waals surface area contributed by atoms with E-state index < -0.39 is 0 Å². The van der Waals surface area contributed by atoms with Gasteiger partial charge < -0.3 is 4.42 Å². The Balaban J connectivity index is 0.000000128. The normalized spacial score (nSPS) is 14.6. The van der Waals surface area contributed by atoms with Crippen molar-refractivity contribution in [2.75, 3.05) is 0 Å². The number of hydrogen-bond acceptors (Lipinski definition) is 20. The number of guanidine groups is 3. The van der Waals surface area contributed by atoms with Crippen LogP contribution >= 0.6 is 24.9 Å². The van der Waals surface area contributed by atoms with Gasteiger partial charge >= 0.3 is 17.0 Å². The number of aryl methyl sites for hydroxylation is 8. The molecule has 0 N–H and O–H groups in total. The van der Waals surface area contributed by atoms with Crippen LogP contribution in [0.25, 0.3) is 33.6 Å². The van der Waals surface area contributed by atoms with Crippen molar-refractivity contribution in [1.82, 2.24) is 63.5 Å². The van der Waals surface area contributed by atoms with Crippen molar-refractivity contribution in [3.63, 3.8) is 0 Å². The Morgan fingerprint density at radius 1 is 0.614 bits per heavy atom. The maximum atomic E-state index is 5.65. The minimum Gasteiger partial charge on any atom is -0.419 e.